The van der Waals surface area contributed by atoms with E-state index in [-0.39, 0.29) is 24.8 Å². The summed E-state index contributed by atoms with van der Waals surface area (Å²) < 4.78 is 47.2. The summed E-state index contributed by atoms with van der Waals surface area (Å²) in [5.41, 5.74) is 2.22. The Kier molecular flexibility index (Phi) is 7.72. The van der Waals surface area contributed by atoms with E-state index in [1.807, 2.05) is 25.1 Å². The number of halogens is 2. The summed E-state index contributed by atoms with van der Waals surface area (Å²) in [6.07, 6.45) is 1.27. The first kappa shape index (κ1) is 25.5. The van der Waals surface area contributed by atoms with E-state index in [0.717, 1.165) is 11.1 Å². The molecule has 1 aliphatic carbocycles. The van der Waals surface area contributed by atoms with Gasteiger partial charge in [-0.25, -0.2) is 19.5 Å². The van der Waals surface area contributed by atoms with E-state index in [1.165, 1.54) is 12.5 Å². The Morgan fingerprint density at radius 2 is 2.17 bits per heavy atom. The number of alkyl halides is 1. The molecule has 4 rings (SSSR count). The zero-order valence-electron chi connectivity index (χ0n) is 18.9. The Bertz CT molecular complexity index is 1290. The number of aliphatic hydroxyl groups excluding tert-OH is 1. The lowest BCUT2D eigenvalue weighted by atomic mass is 10.0. The van der Waals surface area contributed by atoms with Crippen LogP contribution in [0.15, 0.2) is 47.3 Å². The Balaban J connectivity index is 1.48. The third kappa shape index (κ3) is 6.56. The third-order valence-electron chi connectivity index (χ3n) is 6.00. The minimum absolute atomic E-state index is 0.112. The van der Waals surface area contributed by atoms with Crippen LogP contribution in [0.3, 0.4) is 0 Å². The maximum absolute atomic E-state index is 14.7. The SMILES string of the molecule is Cc1oc(C(O)c2cncnc2N[C@@H]2C[C@H](COS(N)(=O)=O)C[C@@H]2F)cc1Cc1cccc(Cl)c1. The molecule has 1 unspecified atom stereocenters. The average molecular weight is 525 g/mol. The fraction of sp³-hybridized carbons (Fsp3) is 0.391. The zero-order valence-corrected chi connectivity index (χ0v) is 20.5. The van der Waals surface area contributed by atoms with Crippen LogP contribution in [-0.4, -0.2) is 42.3 Å². The summed E-state index contributed by atoms with van der Waals surface area (Å²) in [7, 11) is -4.09. The first-order valence-corrected chi connectivity index (χ1v) is 12.8. The predicted octanol–water partition coefficient (Wildman–Crippen LogP) is 3.45. The normalized spacial score (nSPS) is 21.2. The predicted molar refractivity (Wildman–Crippen MR) is 128 cm³/mol. The molecule has 0 bridgehead atoms. The average Bonchev–Trinajstić information content (AvgIpc) is 3.34. The van der Waals surface area contributed by atoms with Crippen LogP contribution in [0.1, 0.15) is 47.2 Å². The van der Waals surface area contributed by atoms with Gasteiger partial charge in [0.1, 0.15) is 35.9 Å². The van der Waals surface area contributed by atoms with Crippen LogP contribution in [0.25, 0.3) is 0 Å². The molecular weight excluding hydrogens is 499 g/mol. The number of anilines is 1. The van der Waals surface area contributed by atoms with Crippen molar-refractivity contribution in [1.82, 2.24) is 9.97 Å². The molecular formula is C23H26ClFN4O5S. The Morgan fingerprint density at radius 3 is 2.91 bits per heavy atom. The molecule has 2 aromatic heterocycles. The van der Waals surface area contributed by atoms with Crippen molar-refractivity contribution in [1.29, 1.82) is 0 Å². The topological polar surface area (TPSA) is 141 Å². The first-order valence-electron chi connectivity index (χ1n) is 11.0. The van der Waals surface area contributed by atoms with Gasteiger partial charge < -0.3 is 14.8 Å². The largest absolute Gasteiger partial charge is 0.463 e. The monoisotopic (exact) mass is 524 g/mol. The fourth-order valence-electron chi connectivity index (χ4n) is 4.27. The van der Waals surface area contributed by atoms with Crippen molar-refractivity contribution in [3.8, 4) is 0 Å². The lowest BCUT2D eigenvalue weighted by Gasteiger charge is -2.19. The van der Waals surface area contributed by atoms with Crippen molar-refractivity contribution in [2.45, 2.75) is 44.5 Å². The highest BCUT2D eigenvalue weighted by molar-refractivity contribution is 7.84. The summed E-state index contributed by atoms with van der Waals surface area (Å²) in [4.78, 5) is 8.19. The van der Waals surface area contributed by atoms with Gasteiger partial charge in [0.05, 0.1) is 12.6 Å². The van der Waals surface area contributed by atoms with Crippen LogP contribution in [0.2, 0.25) is 5.02 Å². The lowest BCUT2D eigenvalue weighted by Crippen LogP contribution is -2.27. The van der Waals surface area contributed by atoms with Gasteiger partial charge in [0.2, 0.25) is 0 Å². The highest BCUT2D eigenvalue weighted by Gasteiger charge is 2.36. The summed E-state index contributed by atoms with van der Waals surface area (Å²) in [6.45, 7) is 1.62. The van der Waals surface area contributed by atoms with E-state index >= 15 is 0 Å². The number of benzene rings is 1. The van der Waals surface area contributed by atoms with Gasteiger partial charge in [-0.15, -0.1) is 0 Å². The molecule has 1 aromatic carbocycles. The van der Waals surface area contributed by atoms with Gasteiger partial charge >= 0.3 is 10.3 Å². The van der Waals surface area contributed by atoms with E-state index in [1.54, 1.807) is 12.1 Å². The van der Waals surface area contributed by atoms with Gasteiger partial charge in [-0.1, -0.05) is 23.7 Å². The highest BCUT2D eigenvalue weighted by atomic mass is 35.5. The zero-order chi connectivity index (χ0) is 25.2. The van der Waals surface area contributed by atoms with Crippen molar-refractivity contribution in [3.63, 3.8) is 0 Å². The molecule has 1 aliphatic rings. The second-order valence-electron chi connectivity index (χ2n) is 8.65. The van der Waals surface area contributed by atoms with E-state index in [9.17, 15) is 17.9 Å². The minimum atomic E-state index is -4.09. The molecule has 1 fully saturated rings. The molecule has 4 atom stereocenters. The molecule has 0 aliphatic heterocycles. The lowest BCUT2D eigenvalue weighted by molar-refractivity contribution is 0.187. The number of rotatable bonds is 9. The molecule has 4 N–H and O–H groups in total. The first-order chi connectivity index (χ1) is 16.6. The summed E-state index contributed by atoms with van der Waals surface area (Å²) >= 11 is 6.08. The van der Waals surface area contributed by atoms with E-state index in [4.69, 9.17) is 21.2 Å². The number of furan rings is 1. The standard InChI is InChI=1S/C23H26ClFN4O5S/c1-13-16(5-14-3-2-4-17(24)6-14)9-21(34-13)22(30)18-10-27-12-28-23(18)29-20-8-15(7-19(20)25)11-33-35(26,31)32/h2-4,6,9-10,12,15,19-20,22,30H,5,7-8,11H2,1H3,(H2,26,31,32)(H,27,28,29)/t15-,19+,20-,22?/m1/s1. The molecule has 0 saturated heterocycles. The molecule has 0 amide bonds. The molecule has 188 valence electrons. The molecule has 0 radical (unpaired) electrons. The Labute approximate surface area is 207 Å². The second-order valence-corrected chi connectivity index (χ2v) is 10.3. The number of hydrogen-bond donors (Lipinski definition) is 3. The third-order valence-corrected chi connectivity index (χ3v) is 6.70. The molecule has 35 heavy (non-hydrogen) atoms. The van der Waals surface area contributed by atoms with Gasteiger partial charge in [-0.05, 0) is 55.0 Å². The Morgan fingerprint density at radius 1 is 1.37 bits per heavy atom. The van der Waals surface area contributed by atoms with Crippen molar-refractivity contribution < 1.29 is 26.5 Å². The van der Waals surface area contributed by atoms with E-state index in [2.05, 4.69) is 19.5 Å². The van der Waals surface area contributed by atoms with Crippen LogP contribution < -0.4 is 10.5 Å². The molecule has 2 heterocycles. The van der Waals surface area contributed by atoms with Crippen molar-refractivity contribution in [2.75, 3.05) is 11.9 Å². The smallest absolute Gasteiger partial charge is 0.333 e. The summed E-state index contributed by atoms with van der Waals surface area (Å²) in [5, 5.41) is 19.6. The number of nitrogens with zero attached hydrogens (tertiary/aromatic N) is 2. The molecule has 1 saturated carbocycles. The summed E-state index contributed by atoms with van der Waals surface area (Å²) in [5.74, 6) is 0.888. The number of nitrogens with one attached hydrogen (secondary N) is 1. The van der Waals surface area contributed by atoms with Gasteiger partial charge in [-0.2, -0.15) is 8.42 Å². The van der Waals surface area contributed by atoms with Crippen LogP contribution in [0.4, 0.5) is 10.2 Å². The highest BCUT2D eigenvalue weighted by Crippen LogP contribution is 2.34. The Hall–Kier alpha value is -2.57. The van der Waals surface area contributed by atoms with Crippen molar-refractivity contribution in [3.05, 3.63) is 76.1 Å². The van der Waals surface area contributed by atoms with Crippen LogP contribution >= 0.6 is 11.6 Å². The maximum atomic E-state index is 14.7. The van der Waals surface area contributed by atoms with Crippen molar-refractivity contribution in [2.24, 2.45) is 11.1 Å². The minimum Gasteiger partial charge on any atom is -0.463 e. The van der Waals surface area contributed by atoms with Gasteiger partial charge in [0.15, 0.2) is 0 Å². The quantitative estimate of drug-likeness (QED) is 0.386. The number of nitrogens with two attached hydrogens (primary N) is 1. The van der Waals surface area contributed by atoms with E-state index in [0.29, 0.717) is 34.9 Å². The van der Waals surface area contributed by atoms with E-state index < -0.39 is 28.6 Å². The number of aryl methyl sites for hydroxylation is 1. The van der Waals surface area contributed by atoms with Crippen LogP contribution in [0.5, 0.6) is 0 Å². The van der Waals surface area contributed by atoms with Gasteiger partial charge in [0.25, 0.3) is 0 Å². The number of aromatic nitrogens is 2. The molecule has 9 nitrogen and oxygen atoms in total. The fourth-order valence-corrected chi connectivity index (χ4v) is 4.87. The maximum Gasteiger partial charge on any atom is 0.333 e. The van der Waals surface area contributed by atoms with Crippen LogP contribution in [-0.2, 0) is 20.9 Å². The summed E-state index contributed by atoms with van der Waals surface area (Å²) in [6, 6.07) is 8.61. The van der Waals surface area contributed by atoms with Crippen molar-refractivity contribution >= 4 is 27.7 Å². The van der Waals surface area contributed by atoms with Crippen LogP contribution in [0, 0.1) is 12.8 Å². The molecule has 0 spiro atoms. The van der Waals surface area contributed by atoms with Gasteiger partial charge in [0, 0.05) is 23.2 Å². The molecule has 12 heteroatoms. The molecule has 3 aromatic rings. The number of aliphatic hydroxyl groups is 1. The second kappa shape index (κ2) is 10.6. The number of hydrogen-bond acceptors (Lipinski definition) is 8. The van der Waals surface area contributed by atoms with Gasteiger partial charge in [-0.3, -0.25) is 4.18 Å².